The third-order valence-corrected chi connectivity index (χ3v) is 4.70. The Hall–Kier alpha value is -4.13. The minimum absolute atomic E-state index is 0.0900. The zero-order valence-corrected chi connectivity index (χ0v) is 17.3. The molecule has 0 aliphatic rings. The molecule has 0 amide bonds. The monoisotopic (exact) mass is 433 g/mol. The second kappa shape index (κ2) is 9.78. The Morgan fingerprint density at radius 1 is 0.938 bits per heavy atom. The number of rotatable bonds is 8. The summed E-state index contributed by atoms with van der Waals surface area (Å²) < 4.78 is 34.9. The molecular formula is C25H20FNO5. The quantitative estimate of drug-likeness (QED) is 0.345. The van der Waals surface area contributed by atoms with Gasteiger partial charge in [-0.2, -0.15) is 0 Å². The van der Waals surface area contributed by atoms with Gasteiger partial charge >= 0.3 is 5.97 Å². The fourth-order valence-corrected chi connectivity index (χ4v) is 3.08. The van der Waals surface area contributed by atoms with Crippen LogP contribution in [0.3, 0.4) is 0 Å². The van der Waals surface area contributed by atoms with Crippen LogP contribution in [0.15, 0.2) is 83.4 Å². The van der Waals surface area contributed by atoms with E-state index in [-0.39, 0.29) is 24.6 Å². The summed E-state index contributed by atoms with van der Waals surface area (Å²) in [7, 11) is 1.58. The largest absolute Gasteiger partial charge is 0.496 e. The molecule has 0 aliphatic carbocycles. The zero-order chi connectivity index (χ0) is 22.3. The van der Waals surface area contributed by atoms with E-state index in [0.29, 0.717) is 23.0 Å². The van der Waals surface area contributed by atoms with Crippen LogP contribution in [0, 0.1) is 5.82 Å². The molecule has 1 heterocycles. The van der Waals surface area contributed by atoms with Gasteiger partial charge in [-0.05, 0) is 42.0 Å². The number of benzene rings is 3. The first-order chi connectivity index (χ1) is 15.6. The molecule has 0 atom stereocenters. The number of esters is 1. The van der Waals surface area contributed by atoms with Crippen LogP contribution in [-0.4, -0.2) is 18.2 Å². The minimum atomic E-state index is -0.560. The van der Waals surface area contributed by atoms with E-state index in [1.54, 1.807) is 49.6 Å². The number of para-hydroxylation sites is 2. The van der Waals surface area contributed by atoms with Gasteiger partial charge in [-0.3, -0.25) is 0 Å². The van der Waals surface area contributed by atoms with Crippen LogP contribution in [0.2, 0.25) is 0 Å². The number of nitrogens with zero attached hydrogens (tertiary/aromatic N) is 1. The first-order valence-electron chi connectivity index (χ1n) is 9.86. The predicted molar refractivity (Wildman–Crippen MR) is 115 cm³/mol. The average molecular weight is 433 g/mol. The van der Waals surface area contributed by atoms with Crippen molar-refractivity contribution in [3.05, 3.63) is 102 Å². The Balaban J connectivity index is 1.40. The Bertz CT molecular complexity index is 1200. The lowest BCUT2D eigenvalue weighted by molar-refractivity contribution is 0.0432. The lowest BCUT2D eigenvalue weighted by Crippen LogP contribution is -2.08. The molecule has 4 aromatic rings. The fraction of sp³-hybridized carbons (Fsp3) is 0.120. The van der Waals surface area contributed by atoms with Crippen molar-refractivity contribution in [2.24, 2.45) is 0 Å². The van der Waals surface area contributed by atoms with Crippen LogP contribution in [0.1, 0.15) is 21.7 Å². The number of ether oxygens (including phenoxy) is 3. The highest BCUT2D eigenvalue weighted by Crippen LogP contribution is 2.29. The highest BCUT2D eigenvalue weighted by atomic mass is 19.1. The number of carbonyl (C=O) groups is 1. The molecule has 0 saturated carbocycles. The van der Waals surface area contributed by atoms with E-state index in [9.17, 15) is 9.18 Å². The third kappa shape index (κ3) is 4.95. The van der Waals surface area contributed by atoms with Gasteiger partial charge in [-0.25, -0.2) is 9.18 Å². The summed E-state index contributed by atoms with van der Waals surface area (Å²) in [6.07, 6.45) is 0. The van der Waals surface area contributed by atoms with Gasteiger partial charge in [0.25, 0.3) is 0 Å². The van der Waals surface area contributed by atoms with Gasteiger partial charge in [0.05, 0.1) is 7.11 Å². The van der Waals surface area contributed by atoms with Crippen LogP contribution >= 0.6 is 0 Å². The smallest absolute Gasteiger partial charge is 0.342 e. The predicted octanol–water partition coefficient (Wildman–Crippen LogP) is 5.43. The van der Waals surface area contributed by atoms with Crippen molar-refractivity contribution in [2.75, 3.05) is 7.11 Å². The molecule has 1 aromatic heterocycles. The molecule has 0 N–H and O–H groups in total. The van der Waals surface area contributed by atoms with E-state index in [2.05, 4.69) is 5.16 Å². The van der Waals surface area contributed by atoms with Crippen molar-refractivity contribution in [3.63, 3.8) is 0 Å². The first-order valence-corrected chi connectivity index (χ1v) is 9.86. The van der Waals surface area contributed by atoms with Gasteiger partial charge in [0, 0.05) is 11.6 Å². The highest BCUT2D eigenvalue weighted by Gasteiger charge is 2.16. The molecule has 0 unspecified atom stereocenters. The van der Waals surface area contributed by atoms with E-state index >= 15 is 0 Å². The Labute approximate surface area is 184 Å². The molecule has 0 spiro atoms. The maximum Gasteiger partial charge on any atom is 0.342 e. The van der Waals surface area contributed by atoms with E-state index in [4.69, 9.17) is 18.7 Å². The minimum Gasteiger partial charge on any atom is -0.496 e. The topological polar surface area (TPSA) is 70.8 Å². The SMILES string of the molecule is COc1ccccc1-c1cc(COC(=O)c2ccccc2OCc2ccc(F)cc2)on1. The van der Waals surface area contributed by atoms with E-state index in [1.165, 1.54) is 12.1 Å². The molecular weight excluding hydrogens is 413 g/mol. The van der Waals surface area contributed by atoms with Gasteiger partial charge in [0.2, 0.25) is 0 Å². The van der Waals surface area contributed by atoms with E-state index < -0.39 is 5.97 Å². The molecule has 0 fully saturated rings. The lowest BCUT2D eigenvalue weighted by atomic mass is 10.1. The summed E-state index contributed by atoms with van der Waals surface area (Å²) in [6.45, 7) is 0.0994. The number of carbonyl (C=O) groups excluding carboxylic acids is 1. The third-order valence-electron chi connectivity index (χ3n) is 4.70. The molecule has 3 aromatic carbocycles. The summed E-state index contributed by atoms with van der Waals surface area (Å²) in [5.74, 6) is 0.545. The van der Waals surface area contributed by atoms with E-state index in [0.717, 1.165) is 11.1 Å². The lowest BCUT2D eigenvalue weighted by Gasteiger charge is -2.11. The van der Waals surface area contributed by atoms with Crippen LogP contribution < -0.4 is 9.47 Å². The standard InChI is InChI=1S/C25H20FNO5/c1-29-23-8-4-2-6-20(23)22-14-19(32-27-22)16-31-25(28)21-7-3-5-9-24(21)30-15-17-10-12-18(26)13-11-17/h2-14H,15-16H2,1H3. The van der Waals surface area contributed by atoms with Crippen LogP contribution in [0.4, 0.5) is 4.39 Å². The average Bonchev–Trinajstić information content (AvgIpc) is 3.31. The van der Waals surface area contributed by atoms with Crippen LogP contribution in [0.25, 0.3) is 11.3 Å². The molecule has 0 aliphatic heterocycles. The van der Waals surface area contributed by atoms with Gasteiger partial charge in [0.15, 0.2) is 12.4 Å². The molecule has 162 valence electrons. The van der Waals surface area contributed by atoms with Crippen molar-refractivity contribution in [1.29, 1.82) is 0 Å². The highest BCUT2D eigenvalue weighted by molar-refractivity contribution is 5.92. The second-order valence-electron chi connectivity index (χ2n) is 6.87. The molecule has 32 heavy (non-hydrogen) atoms. The maximum absolute atomic E-state index is 13.1. The van der Waals surface area contributed by atoms with Crippen molar-refractivity contribution in [1.82, 2.24) is 5.16 Å². The van der Waals surface area contributed by atoms with Crippen LogP contribution in [-0.2, 0) is 18.0 Å². The van der Waals surface area contributed by atoms with Crippen molar-refractivity contribution >= 4 is 5.97 Å². The first kappa shape index (κ1) is 21.1. The number of hydrogen-bond donors (Lipinski definition) is 0. The van der Waals surface area contributed by atoms with Crippen LogP contribution in [0.5, 0.6) is 11.5 Å². The number of hydrogen-bond acceptors (Lipinski definition) is 6. The maximum atomic E-state index is 13.1. The summed E-state index contributed by atoms with van der Waals surface area (Å²) in [5.41, 5.74) is 2.41. The fourth-order valence-electron chi connectivity index (χ4n) is 3.08. The summed E-state index contributed by atoms with van der Waals surface area (Å²) in [6, 6.07) is 21.8. The molecule has 4 rings (SSSR count). The van der Waals surface area contributed by atoms with Crippen molar-refractivity contribution in [3.8, 4) is 22.8 Å². The molecule has 0 radical (unpaired) electrons. The number of methoxy groups -OCH3 is 1. The normalized spacial score (nSPS) is 10.6. The Kier molecular flexibility index (Phi) is 6.46. The summed E-state index contributed by atoms with van der Waals surface area (Å²) in [5, 5.41) is 4.03. The van der Waals surface area contributed by atoms with Gasteiger partial charge in [-0.1, -0.05) is 41.6 Å². The van der Waals surface area contributed by atoms with Gasteiger partial charge in [0.1, 0.15) is 35.2 Å². The van der Waals surface area contributed by atoms with Gasteiger partial charge < -0.3 is 18.7 Å². The molecule has 6 nitrogen and oxygen atoms in total. The second-order valence-corrected chi connectivity index (χ2v) is 6.87. The Morgan fingerprint density at radius 3 is 2.44 bits per heavy atom. The Morgan fingerprint density at radius 2 is 1.66 bits per heavy atom. The zero-order valence-electron chi connectivity index (χ0n) is 17.3. The van der Waals surface area contributed by atoms with Crippen molar-refractivity contribution in [2.45, 2.75) is 13.2 Å². The number of aromatic nitrogens is 1. The summed E-state index contributed by atoms with van der Waals surface area (Å²) >= 11 is 0. The molecule has 0 saturated heterocycles. The van der Waals surface area contributed by atoms with Crippen molar-refractivity contribution < 1.29 is 27.9 Å². The van der Waals surface area contributed by atoms with E-state index in [1.807, 2.05) is 24.3 Å². The molecule has 0 bridgehead atoms. The molecule has 7 heteroatoms. The van der Waals surface area contributed by atoms with Gasteiger partial charge in [-0.15, -0.1) is 0 Å². The summed E-state index contributed by atoms with van der Waals surface area (Å²) in [4.78, 5) is 12.6. The number of halogens is 1.